The minimum absolute atomic E-state index is 0.0457. The van der Waals surface area contributed by atoms with Crippen molar-refractivity contribution in [1.29, 1.82) is 5.26 Å². The molecule has 0 aliphatic carbocycles. The molecule has 0 saturated carbocycles. The molecule has 0 spiro atoms. The highest BCUT2D eigenvalue weighted by atomic mass is 16.5. The minimum atomic E-state index is -0.793. The molecule has 0 saturated heterocycles. The van der Waals surface area contributed by atoms with Gasteiger partial charge < -0.3 is 10.1 Å². The van der Waals surface area contributed by atoms with Crippen LogP contribution in [-0.2, 0) is 21.4 Å². The Morgan fingerprint density at radius 3 is 2.15 bits per heavy atom. The molecule has 2 rings (SSSR count). The van der Waals surface area contributed by atoms with Crippen LogP contribution < -0.4 is 5.32 Å². The molecule has 2 aromatic rings. The van der Waals surface area contributed by atoms with Crippen molar-refractivity contribution in [3.8, 4) is 6.07 Å². The maximum Gasteiger partial charge on any atom is 0.328 e. The number of hydrogen-bond donors (Lipinski definition) is 1. The zero-order chi connectivity index (χ0) is 20.0. The van der Waals surface area contributed by atoms with E-state index in [1.807, 2.05) is 30.3 Å². The van der Waals surface area contributed by atoms with Gasteiger partial charge in [-0.15, -0.1) is 0 Å². The molecule has 0 unspecified atom stereocenters. The lowest BCUT2D eigenvalue weighted by molar-refractivity contribution is -0.142. The smallest absolute Gasteiger partial charge is 0.328 e. The van der Waals surface area contributed by atoms with Gasteiger partial charge in [-0.25, -0.2) is 4.79 Å². The number of carbonyl (C=O) groups is 2. The number of esters is 1. The number of methoxy groups -OCH3 is 1. The van der Waals surface area contributed by atoms with Gasteiger partial charge in [-0.2, -0.15) is 5.26 Å². The van der Waals surface area contributed by atoms with Crippen LogP contribution in [0, 0.1) is 11.3 Å². The minimum Gasteiger partial charge on any atom is -0.467 e. The molecule has 1 atom stereocenters. The second-order valence-electron chi connectivity index (χ2n) is 7.39. The Morgan fingerprint density at radius 2 is 1.67 bits per heavy atom. The summed E-state index contributed by atoms with van der Waals surface area (Å²) in [4.78, 5) is 24.6. The first-order chi connectivity index (χ1) is 12.7. The molecule has 0 heterocycles. The lowest BCUT2D eigenvalue weighted by Crippen LogP contribution is -2.43. The summed E-state index contributed by atoms with van der Waals surface area (Å²) in [7, 11) is 1.30. The van der Waals surface area contributed by atoms with Crippen LogP contribution in [0.5, 0.6) is 0 Å². The van der Waals surface area contributed by atoms with E-state index in [9.17, 15) is 9.59 Å². The lowest BCUT2D eigenvalue weighted by Gasteiger charge is -2.20. The van der Waals surface area contributed by atoms with E-state index in [1.54, 1.807) is 24.3 Å². The van der Waals surface area contributed by atoms with Crippen molar-refractivity contribution in [2.75, 3.05) is 7.11 Å². The summed E-state index contributed by atoms with van der Waals surface area (Å²) in [5, 5.41) is 11.6. The van der Waals surface area contributed by atoms with E-state index in [0.29, 0.717) is 17.5 Å². The number of nitriles is 1. The summed E-state index contributed by atoms with van der Waals surface area (Å²) in [5.74, 6) is -0.891. The van der Waals surface area contributed by atoms with Gasteiger partial charge in [0.25, 0.3) is 5.91 Å². The average Bonchev–Trinajstić information content (AvgIpc) is 2.66. The maximum atomic E-state index is 12.4. The molecule has 0 aliphatic rings. The van der Waals surface area contributed by atoms with Crippen molar-refractivity contribution >= 4 is 11.9 Å². The van der Waals surface area contributed by atoms with Crippen LogP contribution in [-0.4, -0.2) is 25.0 Å². The molecule has 140 valence electrons. The van der Waals surface area contributed by atoms with Gasteiger partial charge in [0.2, 0.25) is 0 Å². The fourth-order valence-corrected chi connectivity index (χ4v) is 2.65. The van der Waals surface area contributed by atoms with Gasteiger partial charge in [0.15, 0.2) is 0 Å². The summed E-state index contributed by atoms with van der Waals surface area (Å²) < 4.78 is 4.84. The summed E-state index contributed by atoms with van der Waals surface area (Å²) in [6.45, 7) is 6.41. The van der Waals surface area contributed by atoms with Crippen molar-refractivity contribution in [1.82, 2.24) is 5.32 Å². The van der Waals surface area contributed by atoms with E-state index in [0.717, 1.165) is 5.56 Å². The molecule has 5 nitrogen and oxygen atoms in total. The molecule has 1 amide bonds. The Hall–Kier alpha value is -3.13. The van der Waals surface area contributed by atoms with E-state index in [2.05, 4.69) is 26.1 Å². The molecule has 2 aromatic carbocycles. The van der Waals surface area contributed by atoms with Crippen LogP contribution >= 0.6 is 0 Å². The lowest BCUT2D eigenvalue weighted by atomic mass is 9.86. The molecule has 1 N–H and O–H groups in total. The second-order valence-corrected chi connectivity index (χ2v) is 7.39. The summed E-state index contributed by atoms with van der Waals surface area (Å²) in [6, 6.07) is 15.4. The second kappa shape index (κ2) is 8.50. The molecule has 27 heavy (non-hydrogen) atoms. The molecule has 0 bridgehead atoms. The number of nitrogens with one attached hydrogen (secondary N) is 1. The van der Waals surface area contributed by atoms with Crippen molar-refractivity contribution in [2.45, 2.75) is 38.6 Å². The molecule has 0 fully saturated rings. The Bertz CT molecular complexity index is 841. The van der Waals surface area contributed by atoms with Gasteiger partial charge in [-0.05, 0) is 40.8 Å². The Kier molecular flexibility index (Phi) is 6.36. The molecule has 0 aliphatic heterocycles. The third kappa shape index (κ3) is 5.42. The van der Waals surface area contributed by atoms with Crippen LogP contribution in [0.1, 0.15) is 47.8 Å². The monoisotopic (exact) mass is 364 g/mol. The quantitative estimate of drug-likeness (QED) is 0.825. The number of ether oxygens (including phenoxy) is 1. The molecule has 5 heteroatoms. The number of hydrogen-bond acceptors (Lipinski definition) is 4. The molecule has 0 aromatic heterocycles. The highest BCUT2D eigenvalue weighted by molar-refractivity contribution is 5.96. The Labute approximate surface area is 160 Å². The van der Waals surface area contributed by atoms with Crippen molar-refractivity contribution in [3.05, 3.63) is 70.8 Å². The van der Waals surface area contributed by atoms with Crippen molar-refractivity contribution in [2.24, 2.45) is 0 Å². The van der Waals surface area contributed by atoms with Gasteiger partial charge >= 0.3 is 5.97 Å². The van der Waals surface area contributed by atoms with Crippen LogP contribution in [0.4, 0.5) is 0 Å². The standard InChI is InChI=1S/C22H24N2O3/c1-22(2,3)18-11-7-15(8-12-18)13-19(21(26)27-4)24-20(25)17-9-5-16(14-23)6-10-17/h5-12,19H,13H2,1-4H3,(H,24,25)/t19-/m1/s1. The van der Waals surface area contributed by atoms with Gasteiger partial charge in [-0.1, -0.05) is 45.0 Å². The van der Waals surface area contributed by atoms with E-state index in [-0.39, 0.29) is 11.3 Å². The molecular weight excluding hydrogens is 340 g/mol. The summed E-state index contributed by atoms with van der Waals surface area (Å²) >= 11 is 0. The third-order valence-electron chi connectivity index (χ3n) is 4.33. The zero-order valence-corrected chi connectivity index (χ0v) is 16.1. The van der Waals surface area contributed by atoms with Gasteiger partial charge in [0, 0.05) is 12.0 Å². The zero-order valence-electron chi connectivity index (χ0n) is 16.1. The topological polar surface area (TPSA) is 79.2 Å². The predicted octanol–water partition coefficient (Wildman–Crippen LogP) is 3.37. The number of benzene rings is 2. The average molecular weight is 364 g/mol. The third-order valence-corrected chi connectivity index (χ3v) is 4.33. The van der Waals surface area contributed by atoms with Crippen LogP contribution in [0.15, 0.2) is 48.5 Å². The number of rotatable bonds is 5. The highest BCUT2D eigenvalue weighted by Gasteiger charge is 2.23. The Balaban J connectivity index is 2.14. The molecular formula is C22H24N2O3. The maximum absolute atomic E-state index is 12.4. The van der Waals surface area contributed by atoms with Crippen LogP contribution in [0.3, 0.4) is 0 Å². The fraction of sp³-hybridized carbons (Fsp3) is 0.318. The largest absolute Gasteiger partial charge is 0.467 e. The fourth-order valence-electron chi connectivity index (χ4n) is 2.65. The van der Waals surface area contributed by atoms with E-state index in [1.165, 1.54) is 12.7 Å². The molecule has 0 radical (unpaired) electrons. The number of carbonyl (C=O) groups excluding carboxylic acids is 2. The van der Waals surface area contributed by atoms with Gasteiger partial charge in [0.05, 0.1) is 18.7 Å². The van der Waals surface area contributed by atoms with E-state index >= 15 is 0 Å². The normalized spacial score (nSPS) is 12.0. The summed E-state index contributed by atoms with van der Waals surface area (Å²) in [5.41, 5.74) is 3.02. The van der Waals surface area contributed by atoms with Gasteiger partial charge in [-0.3, -0.25) is 4.79 Å². The van der Waals surface area contributed by atoms with Crippen LogP contribution in [0.25, 0.3) is 0 Å². The first kappa shape index (κ1) is 20.2. The Morgan fingerprint density at radius 1 is 1.07 bits per heavy atom. The van der Waals surface area contributed by atoms with Crippen LogP contribution in [0.2, 0.25) is 0 Å². The van der Waals surface area contributed by atoms with E-state index in [4.69, 9.17) is 10.00 Å². The first-order valence-corrected chi connectivity index (χ1v) is 8.73. The van der Waals surface area contributed by atoms with E-state index < -0.39 is 12.0 Å². The SMILES string of the molecule is COC(=O)[C@@H](Cc1ccc(C(C)(C)C)cc1)NC(=O)c1ccc(C#N)cc1. The summed E-state index contributed by atoms with van der Waals surface area (Å²) in [6.07, 6.45) is 0.332. The number of nitrogens with zero attached hydrogens (tertiary/aromatic N) is 1. The van der Waals surface area contributed by atoms with Crippen molar-refractivity contribution < 1.29 is 14.3 Å². The van der Waals surface area contributed by atoms with Crippen molar-refractivity contribution in [3.63, 3.8) is 0 Å². The number of amides is 1. The first-order valence-electron chi connectivity index (χ1n) is 8.73. The predicted molar refractivity (Wildman–Crippen MR) is 103 cm³/mol. The highest BCUT2D eigenvalue weighted by Crippen LogP contribution is 2.22. The van der Waals surface area contributed by atoms with Gasteiger partial charge in [0.1, 0.15) is 6.04 Å².